The van der Waals surface area contributed by atoms with Gasteiger partial charge in [0.2, 0.25) is 5.91 Å². The van der Waals surface area contributed by atoms with Gasteiger partial charge in [-0.3, -0.25) is 4.79 Å². The highest BCUT2D eigenvalue weighted by Gasteiger charge is 2.15. The standard InChI is InChI=1S/C21H26N4O2/c1-25(2)19(15-8-10-16(27-3)11-9-15)14-22-21(26)13-12-20-23-17-6-4-5-7-18(17)24-20/h4-11,19H,12-14H2,1-3H3,(H,22,26)(H,23,24). The predicted molar refractivity (Wildman–Crippen MR) is 107 cm³/mol. The highest BCUT2D eigenvalue weighted by atomic mass is 16.5. The summed E-state index contributed by atoms with van der Waals surface area (Å²) in [5, 5.41) is 3.04. The van der Waals surface area contributed by atoms with E-state index in [1.807, 2.05) is 62.6 Å². The molecule has 0 radical (unpaired) electrons. The Balaban J connectivity index is 1.54. The van der Waals surface area contributed by atoms with Crippen LogP contribution in [0.4, 0.5) is 0 Å². The number of para-hydroxylation sites is 2. The molecular weight excluding hydrogens is 340 g/mol. The minimum Gasteiger partial charge on any atom is -0.497 e. The summed E-state index contributed by atoms with van der Waals surface area (Å²) >= 11 is 0. The summed E-state index contributed by atoms with van der Waals surface area (Å²) in [5.41, 5.74) is 3.07. The summed E-state index contributed by atoms with van der Waals surface area (Å²) in [5.74, 6) is 1.69. The van der Waals surface area contributed by atoms with Crippen LogP contribution in [0.5, 0.6) is 5.75 Å². The van der Waals surface area contributed by atoms with Crippen molar-refractivity contribution in [3.8, 4) is 5.75 Å². The van der Waals surface area contributed by atoms with Crippen LogP contribution < -0.4 is 10.1 Å². The fourth-order valence-electron chi connectivity index (χ4n) is 3.08. The van der Waals surface area contributed by atoms with Crippen molar-refractivity contribution in [2.75, 3.05) is 27.7 Å². The van der Waals surface area contributed by atoms with Crippen LogP contribution in [0.3, 0.4) is 0 Å². The zero-order valence-electron chi connectivity index (χ0n) is 16.0. The van der Waals surface area contributed by atoms with E-state index in [0.717, 1.165) is 28.2 Å². The minimum absolute atomic E-state index is 0.0239. The molecule has 27 heavy (non-hydrogen) atoms. The van der Waals surface area contributed by atoms with Crippen LogP contribution in [0.25, 0.3) is 11.0 Å². The van der Waals surface area contributed by atoms with Crippen molar-refractivity contribution in [2.45, 2.75) is 18.9 Å². The minimum atomic E-state index is 0.0239. The van der Waals surface area contributed by atoms with Crippen LogP contribution in [-0.2, 0) is 11.2 Å². The number of benzene rings is 2. The number of fused-ring (bicyclic) bond motifs is 1. The highest BCUT2D eigenvalue weighted by Crippen LogP contribution is 2.20. The summed E-state index contributed by atoms with van der Waals surface area (Å²) in [6.07, 6.45) is 0.998. The molecule has 1 amide bonds. The molecule has 3 rings (SSSR count). The molecule has 1 aromatic heterocycles. The van der Waals surface area contributed by atoms with Crippen LogP contribution in [-0.4, -0.2) is 48.5 Å². The Morgan fingerprint density at radius 2 is 1.93 bits per heavy atom. The number of rotatable bonds is 8. The van der Waals surface area contributed by atoms with E-state index in [1.54, 1.807) is 7.11 Å². The number of aromatic amines is 1. The average Bonchev–Trinajstić information content (AvgIpc) is 3.10. The molecular formula is C21H26N4O2. The molecule has 0 saturated heterocycles. The second kappa shape index (κ2) is 8.68. The molecule has 0 fully saturated rings. The van der Waals surface area contributed by atoms with Gasteiger partial charge in [0.15, 0.2) is 0 Å². The van der Waals surface area contributed by atoms with Crippen LogP contribution in [0, 0.1) is 0 Å². The Morgan fingerprint density at radius 1 is 1.19 bits per heavy atom. The molecule has 0 spiro atoms. The van der Waals surface area contributed by atoms with Crippen molar-refractivity contribution in [3.05, 3.63) is 59.9 Å². The number of aryl methyl sites for hydroxylation is 1. The van der Waals surface area contributed by atoms with Crippen molar-refractivity contribution in [1.82, 2.24) is 20.2 Å². The molecule has 0 bridgehead atoms. The average molecular weight is 366 g/mol. The molecule has 6 heteroatoms. The lowest BCUT2D eigenvalue weighted by Crippen LogP contribution is -2.34. The summed E-state index contributed by atoms with van der Waals surface area (Å²) in [6.45, 7) is 0.554. The van der Waals surface area contributed by atoms with Gasteiger partial charge in [0.25, 0.3) is 0 Å². The number of imidazole rings is 1. The maximum Gasteiger partial charge on any atom is 0.220 e. The molecule has 142 valence electrons. The number of hydrogen-bond acceptors (Lipinski definition) is 4. The molecule has 1 atom stereocenters. The fourth-order valence-corrected chi connectivity index (χ4v) is 3.08. The zero-order chi connectivity index (χ0) is 19.2. The molecule has 1 unspecified atom stereocenters. The lowest BCUT2D eigenvalue weighted by Gasteiger charge is -2.25. The number of H-pyrrole nitrogens is 1. The van der Waals surface area contributed by atoms with Crippen LogP contribution in [0.1, 0.15) is 23.9 Å². The van der Waals surface area contributed by atoms with E-state index in [1.165, 1.54) is 0 Å². The summed E-state index contributed by atoms with van der Waals surface area (Å²) in [4.78, 5) is 22.2. The smallest absolute Gasteiger partial charge is 0.220 e. The van der Waals surface area contributed by atoms with Crippen molar-refractivity contribution < 1.29 is 9.53 Å². The Morgan fingerprint density at radius 3 is 2.59 bits per heavy atom. The Hall–Kier alpha value is -2.86. The van der Waals surface area contributed by atoms with E-state index in [9.17, 15) is 4.79 Å². The summed E-state index contributed by atoms with van der Waals surface area (Å²) in [7, 11) is 5.67. The number of methoxy groups -OCH3 is 1. The monoisotopic (exact) mass is 366 g/mol. The van der Waals surface area contributed by atoms with E-state index >= 15 is 0 Å². The molecule has 0 saturated carbocycles. The summed E-state index contributed by atoms with van der Waals surface area (Å²) < 4.78 is 5.21. The van der Waals surface area contributed by atoms with Gasteiger partial charge in [0.05, 0.1) is 24.2 Å². The number of carbonyl (C=O) groups excluding carboxylic acids is 1. The van der Waals surface area contributed by atoms with E-state index in [2.05, 4.69) is 20.2 Å². The van der Waals surface area contributed by atoms with Crippen molar-refractivity contribution in [3.63, 3.8) is 0 Å². The SMILES string of the molecule is COc1ccc(C(CNC(=O)CCc2nc3ccccc3[nH]2)N(C)C)cc1. The van der Waals surface area contributed by atoms with Gasteiger partial charge in [-0.2, -0.15) is 0 Å². The maximum absolute atomic E-state index is 12.3. The predicted octanol–water partition coefficient (Wildman–Crippen LogP) is 2.92. The molecule has 2 aromatic carbocycles. The highest BCUT2D eigenvalue weighted by molar-refractivity contribution is 5.77. The van der Waals surface area contributed by atoms with Crippen LogP contribution in [0.2, 0.25) is 0 Å². The van der Waals surface area contributed by atoms with Crippen molar-refractivity contribution in [1.29, 1.82) is 0 Å². The lowest BCUT2D eigenvalue weighted by molar-refractivity contribution is -0.121. The van der Waals surface area contributed by atoms with Gasteiger partial charge in [-0.15, -0.1) is 0 Å². The normalized spacial score (nSPS) is 12.3. The quantitative estimate of drug-likeness (QED) is 0.643. The number of carbonyl (C=O) groups is 1. The molecule has 6 nitrogen and oxygen atoms in total. The number of amides is 1. The topological polar surface area (TPSA) is 70.2 Å². The first kappa shape index (κ1) is 18.9. The first-order chi connectivity index (χ1) is 13.1. The largest absolute Gasteiger partial charge is 0.497 e. The van der Waals surface area contributed by atoms with Gasteiger partial charge in [-0.25, -0.2) is 4.98 Å². The number of likely N-dealkylation sites (N-methyl/N-ethyl adjacent to an activating group) is 1. The van der Waals surface area contributed by atoms with E-state index in [4.69, 9.17) is 4.74 Å². The Kier molecular flexibility index (Phi) is 6.08. The molecule has 0 aliphatic heterocycles. The lowest BCUT2D eigenvalue weighted by atomic mass is 10.1. The second-order valence-electron chi connectivity index (χ2n) is 6.76. The van der Waals surface area contributed by atoms with E-state index < -0.39 is 0 Å². The first-order valence-corrected chi connectivity index (χ1v) is 9.07. The van der Waals surface area contributed by atoms with Gasteiger partial charge in [0, 0.05) is 19.4 Å². The van der Waals surface area contributed by atoms with Crippen molar-refractivity contribution >= 4 is 16.9 Å². The van der Waals surface area contributed by atoms with Gasteiger partial charge in [0.1, 0.15) is 11.6 Å². The Bertz CT molecular complexity index is 854. The molecule has 1 heterocycles. The van der Waals surface area contributed by atoms with Crippen LogP contribution in [0.15, 0.2) is 48.5 Å². The number of nitrogens with zero attached hydrogens (tertiary/aromatic N) is 2. The fraction of sp³-hybridized carbons (Fsp3) is 0.333. The second-order valence-corrected chi connectivity index (χ2v) is 6.76. The zero-order valence-corrected chi connectivity index (χ0v) is 16.0. The van der Waals surface area contributed by atoms with Crippen molar-refractivity contribution in [2.24, 2.45) is 0 Å². The number of ether oxygens (including phenoxy) is 1. The van der Waals surface area contributed by atoms with Crippen LogP contribution >= 0.6 is 0 Å². The van der Waals surface area contributed by atoms with E-state index in [-0.39, 0.29) is 11.9 Å². The molecule has 3 aromatic rings. The third-order valence-electron chi connectivity index (χ3n) is 4.64. The molecule has 0 aliphatic carbocycles. The van der Waals surface area contributed by atoms with E-state index in [0.29, 0.717) is 19.4 Å². The molecule has 0 aliphatic rings. The summed E-state index contributed by atoms with van der Waals surface area (Å²) in [6, 6.07) is 15.9. The van der Waals surface area contributed by atoms with Gasteiger partial charge >= 0.3 is 0 Å². The number of aromatic nitrogens is 2. The van der Waals surface area contributed by atoms with Gasteiger partial charge in [-0.1, -0.05) is 24.3 Å². The third kappa shape index (κ3) is 4.86. The Labute approximate surface area is 159 Å². The third-order valence-corrected chi connectivity index (χ3v) is 4.64. The molecule has 2 N–H and O–H groups in total. The number of nitrogens with one attached hydrogen (secondary N) is 2. The maximum atomic E-state index is 12.3. The van der Waals surface area contributed by atoms with Gasteiger partial charge in [-0.05, 0) is 43.9 Å². The first-order valence-electron chi connectivity index (χ1n) is 9.07. The van der Waals surface area contributed by atoms with Gasteiger partial charge < -0.3 is 19.9 Å². The number of hydrogen-bond donors (Lipinski definition) is 2.